The van der Waals surface area contributed by atoms with Crippen LogP contribution < -0.4 is 9.80 Å². The van der Waals surface area contributed by atoms with E-state index in [2.05, 4.69) is 0 Å². The van der Waals surface area contributed by atoms with Gasteiger partial charge in [0, 0.05) is 11.3 Å². The molecule has 0 unspecified atom stereocenters. The summed E-state index contributed by atoms with van der Waals surface area (Å²) >= 11 is 0. The fourth-order valence-electron chi connectivity index (χ4n) is 4.76. The topological polar surface area (TPSA) is 74.8 Å². The highest BCUT2D eigenvalue weighted by atomic mass is 32.2. The standard InChI is InChI=1S/C25H21FN2O4S/c1-16-6-5-7-18(12-16)14-27-22-9-4-3-8-20(22)25(24(27)30)28(23(29)15-33(25,31)32)19-11-10-17(2)21(26)13-19/h3-13H,14-15H2,1-2H3/t25-/m0/s1. The molecular formula is C25H21FN2O4S. The van der Waals surface area contributed by atoms with Gasteiger partial charge in [-0.2, -0.15) is 0 Å². The second-order valence-corrected chi connectivity index (χ2v) is 10.6. The molecule has 1 saturated heterocycles. The van der Waals surface area contributed by atoms with Crippen LogP contribution in [0.3, 0.4) is 0 Å². The second kappa shape index (κ2) is 7.25. The van der Waals surface area contributed by atoms with Gasteiger partial charge in [-0.05, 0) is 43.2 Å². The van der Waals surface area contributed by atoms with E-state index in [1.807, 2.05) is 31.2 Å². The van der Waals surface area contributed by atoms with Gasteiger partial charge in [-0.15, -0.1) is 0 Å². The molecule has 3 aromatic carbocycles. The monoisotopic (exact) mass is 464 g/mol. The summed E-state index contributed by atoms with van der Waals surface area (Å²) in [4.78, 5) is 27.2. The molecule has 168 valence electrons. The zero-order chi connectivity index (χ0) is 23.5. The van der Waals surface area contributed by atoms with E-state index in [9.17, 15) is 22.4 Å². The number of benzene rings is 3. The van der Waals surface area contributed by atoms with Crippen LogP contribution in [0.5, 0.6) is 0 Å². The quantitative estimate of drug-likeness (QED) is 0.594. The van der Waals surface area contributed by atoms with Crippen molar-refractivity contribution >= 4 is 33.0 Å². The van der Waals surface area contributed by atoms with E-state index in [1.54, 1.807) is 31.2 Å². The maximum absolute atomic E-state index is 14.4. The van der Waals surface area contributed by atoms with Gasteiger partial charge in [0.1, 0.15) is 11.6 Å². The van der Waals surface area contributed by atoms with Crippen LogP contribution in [0.4, 0.5) is 15.8 Å². The first kappa shape index (κ1) is 21.3. The molecule has 2 aliphatic rings. The first-order valence-corrected chi connectivity index (χ1v) is 12.1. The number of hydrogen-bond acceptors (Lipinski definition) is 4. The number of carbonyl (C=O) groups is 2. The van der Waals surface area contributed by atoms with Crippen LogP contribution in [0.1, 0.15) is 22.3 Å². The number of para-hydroxylation sites is 1. The molecule has 0 N–H and O–H groups in total. The SMILES string of the molecule is Cc1cccc(CN2C(=O)[C@@]3(c4ccccc42)N(c2ccc(C)c(F)c2)C(=O)CS3(=O)=O)c1. The maximum atomic E-state index is 14.4. The molecule has 0 aliphatic carbocycles. The van der Waals surface area contributed by atoms with Crippen LogP contribution in [0.2, 0.25) is 0 Å². The molecule has 0 saturated carbocycles. The molecule has 2 heterocycles. The van der Waals surface area contributed by atoms with Gasteiger partial charge in [-0.3, -0.25) is 14.5 Å². The highest BCUT2D eigenvalue weighted by molar-refractivity contribution is 7.94. The smallest absolute Gasteiger partial charge is 0.274 e. The summed E-state index contributed by atoms with van der Waals surface area (Å²) < 4.78 is 41.5. The van der Waals surface area contributed by atoms with Gasteiger partial charge in [-0.25, -0.2) is 12.8 Å². The molecule has 3 aromatic rings. The minimum atomic E-state index is -4.29. The molecule has 1 atom stereocenters. The number of halogens is 1. The normalized spacial score (nSPS) is 21.2. The molecule has 5 rings (SSSR count). The summed E-state index contributed by atoms with van der Waals surface area (Å²) in [6, 6.07) is 18.2. The Hall–Kier alpha value is -3.52. The minimum absolute atomic E-state index is 0.0322. The van der Waals surface area contributed by atoms with Gasteiger partial charge in [0.25, 0.3) is 10.8 Å². The molecule has 8 heteroatoms. The Kier molecular flexibility index (Phi) is 4.68. The van der Waals surface area contributed by atoms with Gasteiger partial charge in [0.2, 0.25) is 5.91 Å². The van der Waals surface area contributed by atoms with Crippen molar-refractivity contribution in [2.24, 2.45) is 0 Å². The zero-order valence-electron chi connectivity index (χ0n) is 18.1. The van der Waals surface area contributed by atoms with E-state index in [0.717, 1.165) is 22.1 Å². The lowest BCUT2D eigenvalue weighted by Crippen LogP contribution is -2.54. The zero-order valence-corrected chi connectivity index (χ0v) is 18.9. The van der Waals surface area contributed by atoms with Crippen molar-refractivity contribution < 1.29 is 22.4 Å². The summed E-state index contributed by atoms with van der Waals surface area (Å²) in [6.07, 6.45) is 0. The number of rotatable bonds is 3. The van der Waals surface area contributed by atoms with E-state index in [-0.39, 0.29) is 17.8 Å². The highest BCUT2D eigenvalue weighted by Gasteiger charge is 2.69. The van der Waals surface area contributed by atoms with Crippen LogP contribution in [0.25, 0.3) is 0 Å². The van der Waals surface area contributed by atoms with Crippen molar-refractivity contribution in [1.82, 2.24) is 0 Å². The van der Waals surface area contributed by atoms with E-state index in [1.165, 1.54) is 17.0 Å². The molecule has 0 aromatic heterocycles. The Balaban J connectivity index is 1.74. The van der Waals surface area contributed by atoms with Gasteiger partial charge < -0.3 is 4.90 Å². The van der Waals surface area contributed by atoms with Gasteiger partial charge in [-0.1, -0.05) is 54.1 Å². The van der Waals surface area contributed by atoms with Crippen LogP contribution in [0, 0.1) is 19.7 Å². The number of fused-ring (bicyclic) bond motifs is 2. The number of amides is 2. The summed E-state index contributed by atoms with van der Waals surface area (Å²) in [7, 11) is -4.29. The van der Waals surface area contributed by atoms with Crippen molar-refractivity contribution in [2.75, 3.05) is 15.6 Å². The lowest BCUT2D eigenvalue weighted by atomic mass is 10.0. The third-order valence-corrected chi connectivity index (χ3v) is 8.36. The second-order valence-electron chi connectivity index (χ2n) is 8.46. The van der Waals surface area contributed by atoms with Crippen LogP contribution in [0.15, 0.2) is 66.7 Å². The Morgan fingerprint density at radius 2 is 1.73 bits per heavy atom. The van der Waals surface area contributed by atoms with Crippen molar-refractivity contribution in [2.45, 2.75) is 25.3 Å². The fraction of sp³-hybridized carbons (Fsp3) is 0.200. The van der Waals surface area contributed by atoms with E-state index in [4.69, 9.17) is 0 Å². The Bertz CT molecular complexity index is 1440. The first-order valence-electron chi connectivity index (χ1n) is 10.5. The van der Waals surface area contributed by atoms with Gasteiger partial charge in [0.05, 0.1) is 12.2 Å². The molecule has 0 bridgehead atoms. The number of nitrogens with zero attached hydrogens (tertiary/aromatic N) is 2. The largest absolute Gasteiger partial charge is 0.304 e. The van der Waals surface area contributed by atoms with Crippen LogP contribution >= 0.6 is 0 Å². The summed E-state index contributed by atoms with van der Waals surface area (Å²) in [6.45, 7) is 3.63. The highest BCUT2D eigenvalue weighted by Crippen LogP contribution is 2.52. The minimum Gasteiger partial charge on any atom is -0.304 e. The van der Waals surface area contributed by atoms with Crippen LogP contribution in [-0.4, -0.2) is 26.0 Å². The number of sulfone groups is 1. The van der Waals surface area contributed by atoms with Gasteiger partial charge in [0.15, 0.2) is 9.84 Å². The number of carbonyl (C=O) groups excluding carboxylic acids is 2. The lowest BCUT2D eigenvalue weighted by Gasteiger charge is -2.32. The maximum Gasteiger partial charge on any atom is 0.274 e. The molecular weight excluding hydrogens is 443 g/mol. The number of anilines is 2. The molecule has 2 amide bonds. The lowest BCUT2D eigenvalue weighted by molar-refractivity contribution is -0.123. The van der Waals surface area contributed by atoms with Crippen molar-refractivity contribution in [1.29, 1.82) is 0 Å². The molecule has 1 spiro atoms. The summed E-state index contributed by atoms with van der Waals surface area (Å²) in [5, 5.41) is 0. The number of aryl methyl sites for hydroxylation is 2. The van der Waals surface area contributed by atoms with Crippen LogP contribution in [-0.2, 0) is 30.8 Å². The Morgan fingerprint density at radius 1 is 0.970 bits per heavy atom. The van der Waals surface area contributed by atoms with Crippen molar-refractivity contribution in [3.05, 3.63) is 94.8 Å². The third-order valence-electron chi connectivity index (χ3n) is 6.26. The average Bonchev–Trinajstić information content (AvgIpc) is 3.13. The Labute approximate surface area is 191 Å². The summed E-state index contributed by atoms with van der Waals surface area (Å²) in [5.74, 6) is -2.92. The van der Waals surface area contributed by atoms with Crippen molar-refractivity contribution in [3.63, 3.8) is 0 Å². The fourth-order valence-corrected chi connectivity index (χ4v) is 6.80. The Morgan fingerprint density at radius 3 is 2.45 bits per heavy atom. The molecule has 1 fully saturated rings. The molecule has 0 radical (unpaired) electrons. The predicted octanol–water partition coefficient (Wildman–Crippen LogP) is 3.60. The molecule has 6 nitrogen and oxygen atoms in total. The molecule has 33 heavy (non-hydrogen) atoms. The predicted molar refractivity (Wildman–Crippen MR) is 123 cm³/mol. The number of hydrogen-bond donors (Lipinski definition) is 0. The van der Waals surface area contributed by atoms with E-state index >= 15 is 0 Å². The third kappa shape index (κ3) is 2.94. The van der Waals surface area contributed by atoms with Crippen molar-refractivity contribution in [3.8, 4) is 0 Å². The summed E-state index contributed by atoms with van der Waals surface area (Å²) in [5.41, 5.74) is 2.83. The van der Waals surface area contributed by atoms with E-state index in [0.29, 0.717) is 11.3 Å². The van der Waals surface area contributed by atoms with Gasteiger partial charge >= 0.3 is 0 Å². The first-order chi connectivity index (χ1) is 15.7. The van der Waals surface area contributed by atoms with E-state index < -0.39 is 38.1 Å². The molecule has 2 aliphatic heterocycles. The average molecular weight is 465 g/mol.